The predicted octanol–water partition coefficient (Wildman–Crippen LogP) is 4.31. The molecule has 0 aliphatic carbocycles. The number of hydrogen-bond acceptors (Lipinski definition) is 5. The topological polar surface area (TPSA) is 74.3 Å². The average Bonchev–Trinajstić information content (AvgIpc) is 2.79. The minimum atomic E-state index is -0.568. The van der Waals surface area contributed by atoms with Crippen LogP contribution in [0.2, 0.25) is 0 Å². The van der Waals surface area contributed by atoms with Gasteiger partial charge in [0.15, 0.2) is 11.2 Å². The van der Waals surface area contributed by atoms with Gasteiger partial charge in [0.1, 0.15) is 17.1 Å². The van der Waals surface area contributed by atoms with E-state index in [2.05, 4.69) is 4.98 Å². The van der Waals surface area contributed by atoms with E-state index < -0.39 is 16.8 Å². The molecule has 0 saturated carbocycles. The van der Waals surface area contributed by atoms with E-state index in [4.69, 9.17) is 9.15 Å². The van der Waals surface area contributed by atoms with Gasteiger partial charge in [-0.15, -0.1) is 0 Å². The maximum absolute atomic E-state index is 13.5. The number of methoxy groups -OCH3 is 1. The summed E-state index contributed by atoms with van der Waals surface area (Å²) in [6.07, 6.45) is 0. The van der Waals surface area contributed by atoms with Crippen LogP contribution in [0.15, 0.2) is 86.8 Å². The largest absolute Gasteiger partial charge is 0.497 e. The molecule has 0 atom stereocenters. The first-order valence-electron chi connectivity index (χ1n) is 9.46. The molecule has 0 bridgehead atoms. The van der Waals surface area contributed by atoms with Gasteiger partial charge in [-0.25, -0.2) is 4.39 Å². The number of hydrogen-bond donors (Lipinski definition) is 0. The summed E-state index contributed by atoms with van der Waals surface area (Å²) in [6.45, 7) is 0. The minimum Gasteiger partial charge on any atom is -0.497 e. The summed E-state index contributed by atoms with van der Waals surface area (Å²) < 4.78 is 25.9. The molecule has 152 valence electrons. The van der Waals surface area contributed by atoms with Gasteiger partial charge in [0.25, 0.3) is 5.56 Å². The van der Waals surface area contributed by atoms with Gasteiger partial charge in [0.05, 0.1) is 18.2 Å². The Morgan fingerprint density at radius 1 is 0.968 bits per heavy atom. The Bertz CT molecular complexity index is 1560. The van der Waals surface area contributed by atoms with Gasteiger partial charge >= 0.3 is 0 Å². The van der Waals surface area contributed by atoms with Crippen LogP contribution in [0.4, 0.5) is 4.39 Å². The predicted molar refractivity (Wildman–Crippen MR) is 115 cm³/mol. The minimum absolute atomic E-state index is 0.0951. The number of para-hydroxylation sites is 1. The first-order valence-corrected chi connectivity index (χ1v) is 9.46. The molecule has 7 heteroatoms. The van der Waals surface area contributed by atoms with Gasteiger partial charge in [-0.2, -0.15) is 4.98 Å². The molecule has 3 aromatic carbocycles. The standard InChI is InChI=1S/C24H15FN2O4/c1-30-17-11-12-18-19(13-17)31-23-20(21(18)28)24(29)27(16-5-3-2-4-6-16)22(26-23)14-7-9-15(25)10-8-14/h2-13H,1H3. The third-order valence-electron chi connectivity index (χ3n) is 5.03. The molecule has 0 N–H and O–H groups in total. The van der Waals surface area contributed by atoms with E-state index in [1.165, 1.54) is 35.9 Å². The van der Waals surface area contributed by atoms with Crippen molar-refractivity contribution in [2.75, 3.05) is 7.11 Å². The van der Waals surface area contributed by atoms with Gasteiger partial charge in [-0.1, -0.05) is 18.2 Å². The summed E-state index contributed by atoms with van der Waals surface area (Å²) in [5, 5.41) is 0.0914. The van der Waals surface area contributed by atoms with Crippen LogP contribution in [0.1, 0.15) is 0 Å². The molecular weight excluding hydrogens is 399 g/mol. The van der Waals surface area contributed by atoms with Crippen molar-refractivity contribution >= 4 is 22.1 Å². The highest BCUT2D eigenvalue weighted by molar-refractivity contribution is 5.89. The van der Waals surface area contributed by atoms with Gasteiger partial charge < -0.3 is 9.15 Å². The molecule has 6 nitrogen and oxygen atoms in total. The number of rotatable bonds is 3. The van der Waals surface area contributed by atoms with E-state index in [0.717, 1.165) is 0 Å². The first kappa shape index (κ1) is 18.7. The van der Waals surface area contributed by atoms with Crippen LogP contribution in [-0.4, -0.2) is 16.7 Å². The molecule has 0 fully saturated rings. The SMILES string of the molecule is COc1ccc2c(=O)c3c(=O)n(-c4ccccc4)c(-c4ccc(F)cc4)nc3oc2c1. The molecule has 0 aliphatic rings. The van der Waals surface area contributed by atoms with E-state index in [1.54, 1.807) is 42.5 Å². The van der Waals surface area contributed by atoms with Crippen molar-refractivity contribution in [3.8, 4) is 22.8 Å². The number of nitrogens with zero attached hydrogens (tertiary/aromatic N) is 2. The highest BCUT2D eigenvalue weighted by atomic mass is 19.1. The molecular formula is C24H15FN2O4. The molecule has 0 amide bonds. The summed E-state index contributed by atoms with van der Waals surface area (Å²) in [4.78, 5) is 31.2. The third kappa shape index (κ3) is 3.07. The number of halogens is 1. The second-order valence-electron chi connectivity index (χ2n) is 6.89. The summed E-state index contributed by atoms with van der Waals surface area (Å²) >= 11 is 0. The maximum atomic E-state index is 13.5. The molecule has 0 spiro atoms. The zero-order valence-electron chi connectivity index (χ0n) is 16.3. The van der Waals surface area contributed by atoms with Crippen LogP contribution < -0.4 is 15.7 Å². The van der Waals surface area contributed by atoms with Crippen molar-refractivity contribution in [2.45, 2.75) is 0 Å². The molecule has 5 aromatic rings. The van der Waals surface area contributed by atoms with E-state index in [9.17, 15) is 14.0 Å². The van der Waals surface area contributed by atoms with Crippen LogP contribution in [0.25, 0.3) is 39.1 Å². The fourth-order valence-corrected chi connectivity index (χ4v) is 3.52. The first-order chi connectivity index (χ1) is 15.1. The highest BCUT2D eigenvalue weighted by Crippen LogP contribution is 2.25. The summed E-state index contributed by atoms with van der Waals surface area (Å²) in [5.41, 5.74) is 0.135. The van der Waals surface area contributed by atoms with Crippen molar-refractivity contribution < 1.29 is 13.5 Å². The maximum Gasteiger partial charge on any atom is 0.273 e. The molecule has 0 unspecified atom stereocenters. The number of fused-ring (bicyclic) bond motifs is 2. The lowest BCUT2D eigenvalue weighted by atomic mass is 10.1. The van der Waals surface area contributed by atoms with Crippen LogP contribution >= 0.6 is 0 Å². The van der Waals surface area contributed by atoms with Crippen LogP contribution in [0, 0.1) is 5.82 Å². The highest BCUT2D eigenvalue weighted by Gasteiger charge is 2.20. The second-order valence-corrected chi connectivity index (χ2v) is 6.89. The van der Waals surface area contributed by atoms with E-state index in [1.807, 2.05) is 6.07 Å². The van der Waals surface area contributed by atoms with Crippen molar-refractivity contribution in [3.63, 3.8) is 0 Å². The van der Waals surface area contributed by atoms with Gasteiger partial charge in [-0.3, -0.25) is 14.2 Å². The number of ether oxygens (including phenoxy) is 1. The van der Waals surface area contributed by atoms with Crippen molar-refractivity contribution in [1.82, 2.24) is 9.55 Å². The molecule has 2 aromatic heterocycles. The monoisotopic (exact) mass is 414 g/mol. The zero-order chi connectivity index (χ0) is 21.5. The number of aromatic nitrogens is 2. The van der Waals surface area contributed by atoms with Crippen molar-refractivity contribution in [2.24, 2.45) is 0 Å². The lowest BCUT2D eigenvalue weighted by molar-refractivity contribution is 0.414. The zero-order valence-corrected chi connectivity index (χ0v) is 16.3. The second kappa shape index (κ2) is 7.21. The lowest BCUT2D eigenvalue weighted by Gasteiger charge is -2.13. The fraction of sp³-hybridized carbons (Fsp3) is 0.0417. The summed E-state index contributed by atoms with van der Waals surface area (Å²) in [7, 11) is 1.50. The molecule has 0 saturated heterocycles. The molecule has 2 heterocycles. The Hall–Kier alpha value is -4.26. The Morgan fingerprint density at radius 3 is 2.42 bits per heavy atom. The summed E-state index contributed by atoms with van der Waals surface area (Å²) in [6, 6.07) is 19.2. The smallest absolute Gasteiger partial charge is 0.273 e. The van der Waals surface area contributed by atoms with Crippen molar-refractivity contribution in [3.05, 3.63) is 99.2 Å². The van der Waals surface area contributed by atoms with Gasteiger partial charge in [-0.05, 0) is 48.5 Å². The Balaban J connectivity index is 1.94. The van der Waals surface area contributed by atoms with Crippen LogP contribution in [0.5, 0.6) is 5.75 Å². The lowest BCUT2D eigenvalue weighted by Crippen LogP contribution is -2.26. The quantitative estimate of drug-likeness (QED) is 0.412. The van der Waals surface area contributed by atoms with E-state index >= 15 is 0 Å². The molecule has 0 aliphatic heterocycles. The van der Waals surface area contributed by atoms with Gasteiger partial charge in [0.2, 0.25) is 11.1 Å². The fourth-order valence-electron chi connectivity index (χ4n) is 3.52. The van der Waals surface area contributed by atoms with Crippen LogP contribution in [-0.2, 0) is 0 Å². The third-order valence-corrected chi connectivity index (χ3v) is 5.03. The average molecular weight is 414 g/mol. The Labute approximate surface area is 174 Å². The Kier molecular flexibility index (Phi) is 4.36. The van der Waals surface area contributed by atoms with Crippen LogP contribution in [0.3, 0.4) is 0 Å². The Morgan fingerprint density at radius 2 is 1.71 bits per heavy atom. The van der Waals surface area contributed by atoms with Gasteiger partial charge in [0, 0.05) is 11.6 Å². The number of benzene rings is 3. The molecule has 31 heavy (non-hydrogen) atoms. The molecule has 0 radical (unpaired) electrons. The van der Waals surface area contributed by atoms with E-state index in [0.29, 0.717) is 17.0 Å². The molecule has 5 rings (SSSR count). The van der Waals surface area contributed by atoms with E-state index in [-0.39, 0.29) is 27.9 Å². The van der Waals surface area contributed by atoms with Crippen molar-refractivity contribution in [1.29, 1.82) is 0 Å². The summed E-state index contributed by atoms with van der Waals surface area (Å²) in [5.74, 6) is 0.322. The normalized spacial score (nSPS) is 11.2.